The molecule has 2 heteroatoms. The van der Waals surface area contributed by atoms with Gasteiger partial charge in [-0.3, -0.25) is 4.79 Å². The van der Waals surface area contributed by atoms with Gasteiger partial charge < -0.3 is 4.74 Å². The van der Waals surface area contributed by atoms with Gasteiger partial charge in [0.2, 0.25) is 0 Å². The molecule has 1 heterocycles. The first-order valence-electron chi connectivity index (χ1n) is 2.99. The molecule has 0 aromatic rings. The Kier molecular flexibility index (Phi) is 2.03. The molecule has 0 unspecified atom stereocenters. The zero-order valence-corrected chi connectivity index (χ0v) is 4.85. The van der Waals surface area contributed by atoms with Gasteiger partial charge in [0, 0.05) is 13.0 Å². The molecule has 0 bridgehead atoms. The second kappa shape index (κ2) is 2.82. The van der Waals surface area contributed by atoms with Crippen molar-refractivity contribution in [3.63, 3.8) is 0 Å². The van der Waals surface area contributed by atoms with Crippen LogP contribution < -0.4 is 0 Å². The Labute approximate surface area is 48.8 Å². The molecule has 1 fully saturated rings. The van der Waals surface area contributed by atoms with Gasteiger partial charge in [-0.1, -0.05) is 0 Å². The van der Waals surface area contributed by atoms with E-state index in [-0.39, 0.29) is 5.78 Å². The molecule has 0 saturated carbocycles. The zero-order valence-electron chi connectivity index (χ0n) is 4.85. The minimum Gasteiger partial charge on any atom is -0.374 e. The first-order chi connectivity index (χ1) is 3.89. The highest BCUT2D eigenvalue weighted by Crippen LogP contribution is 2.01. The van der Waals surface area contributed by atoms with Crippen LogP contribution in [0.25, 0.3) is 0 Å². The number of ketones is 1. The summed E-state index contributed by atoms with van der Waals surface area (Å²) in [5.41, 5.74) is 0. The molecule has 0 radical (unpaired) electrons. The topological polar surface area (TPSA) is 26.3 Å². The van der Waals surface area contributed by atoms with Crippen LogP contribution in [0.1, 0.15) is 19.3 Å². The van der Waals surface area contributed by atoms with E-state index in [1.165, 1.54) is 0 Å². The molecule has 8 heavy (non-hydrogen) atoms. The van der Waals surface area contributed by atoms with Crippen molar-refractivity contribution in [2.45, 2.75) is 19.3 Å². The highest BCUT2D eigenvalue weighted by atomic mass is 16.5. The Bertz CT molecular complexity index is 78.5. The molecular formula is C6H10O2. The third kappa shape index (κ3) is 1.62. The summed E-state index contributed by atoms with van der Waals surface area (Å²) in [5, 5.41) is 0. The van der Waals surface area contributed by atoms with Gasteiger partial charge in [-0.25, -0.2) is 0 Å². The Hall–Kier alpha value is -0.370. The van der Waals surface area contributed by atoms with E-state index in [1.54, 1.807) is 0 Å². The Morgan fingerprint density at radius 1 is 1.38 bits per heavy atom. The average molecular weight is 114 g/mol. The van der Waals surface area contributed by atoms with Crippen molar-refractivity contribution in [1.82, 2.24) is 0 Å². The lowest BCUT2D eigenvalue weighted by atomic mass is 10.2. The third-order valence-corrected chi connectivity index (χ3v) is 1.26. The quantitative estimate of drug-likeness (QED) is 0.464. The number of hydrogen-bond donors (Lipinski definition) is 0. The minimum atomic E-state index is 0.252. The molecule has 0 N–H and O–H groups in total. The molecule has 1 rings (SSSR count). The van der Waals surface area contributed by atoms with Gasteiger partial charge in [-0.05, 0) is 12.8 Å². The molecule has 0 atom stereocenters. The van der Waals surface area contributed by atoms with E-state index >= 15 is 0 Å². The number of carbonyl (C=O) groups excluding carboxylic acids is 1. The van der Waals surface area contributed by atoms with Crippen LogP contribution in [0.4, 0.5) is 0 Å². The smallest absolute Gasteiger partial charge is 0.158 e. The third-order valence-electron chi connectivity index (χ3n) is 1.26. The van der Waals surface area contributed by atoms with Gasteiger partial charge in [0.15, 0.2) is 5.78 Å². The fraction of sp³-hybridized carbons (Fsp3) is 0.833. The van der Waals surface area contributed by atoms with Crippen LogP contribution in [0.2, 0.25) is 0 Å². The van der Waals surface area contributed by atoms with Gasteiger partial charge in [-0.15, -0.1) is 0 Å². The largest absolute Gasteiger partial charge is 0.374 e. The van der Waals surface area contributed by atoms with E-state index in [1.807, 2.05) is 0 Å². The number of ether oxygens (including phenoxy) is 1. The SMILES string of the molecule is O=C1CCCCOC1. The van der Waals surface area contributed by atoms with E-state index in [4.69, 9.17) is 4.74 Å². The molecule has 0 spiro atoms. The molecule has 0 aromatic carbocycles. The van der Waals surface area contributed by atoms with Crippen LogP contribution >= 0.6 is 0 Å². The van der Waals surface area contributed by atoms with Gasteiger partial charge in [0.1, 0.15) is 6.61 Å². The lowest BCUT2D eigenvalue weighted by molar-refractivity contribution is -0.122. The summed E-state index contributed by atoms with van der Waals surface area (Å²) in [4.78, 5) is 10.6. The lowest BCUT2D eigenvalue weighted by Gasteiger charge is -1.91. The summed E-state index contributed by atoms with van der Waals surface area (Å²) in [6.45, 7) is 1.12. The van der Waals surface area contributed by atoms with Crippen LogP contribution in [-0.2, 0) is 9.53 Å². The lowest BCUT2D eigenvalue weighted by Crippen LogP contribution is -2.03. The van der Waals surface area contributed by atoms with Crippen molar-refractivity contribution in [3.8, 4) is 0 Å². The van der Waals surface area contributed by atoms with Crippen molar-refractivity contribution < 1.29 is 9.53 Å². The summed E-state index contributed by atoms with van der Waals surface area (Å²) < 4.78 is 4.96. The summed E-state index contributed by atoms with van der Waals surface area (Å²) >= 11 is 0. The Morgan fingerprint density at radius 3 is 3.12 bits per heavy atom. The molecule has 46 valence electrons. The van der Waals surface area contributed by atoms with Crippen LogP contribution in [0.3, 0.4) is 0 Å². The predicted octanol–water partition coefficient (Wildman–Crippen LogP) is 0.756. The zero-order chi connectivity index (χ0) is 5.82. The fourth-order valence-electron chi connectivity index (χ4n) is 0.784. The van der Waals surface area contributed by atoms with E-state index < -0.39 is 0 Å². The standard InChI is InChI=1S/C6H10O2/c7-6-3-1-2-4-8-5-6/h1-5H2. The fourth-order valence-corrected chi connectivity index (χ4v) is 0.784. The predicted molar refractivity (Wildman–Crippen MR) is 29.7 cm³/mol. The number of carbonyl (C=O) groups is 1. The van der Waals surface area contributed by atoms with Crippen LogP contribution in [-0.4, -0.2) is 19.0 Å². The molecule has 0 amide bonds. The molecule has 0 aromatic heterocycles. The summed E-state index contributed by atoms with van der Waals surface area (Å²) in [5.74, 6) is 0.252. The van der Waals surface area contributed by atoms with E-state index in [0.29, 0.717) is 6.61 Å². The summed E-state index contributed by atoms with van der Waals surface area (Å²) in [7, 11) is 0. The minimum absolute atomic E-state index is 0.252. The second-order valence-electron chi connectivity index (χ2n) is 2.05. The molecule has 1 saturated heterocycles. The van der Waals surface area contributed by atoms with Gasteiger partial charge >= 0.3 is 0 Å². The van der Waals surface area contributed by atoms with E-state index in [0.717, 1.165) is 25.9 Å². The maximum Gasteiger partial charge on any atom is 0.158 e. The first-order valence-corrected chi connectivity index (χ1v) is 2.99. The maximum absolute atomic E-state index is 10.6. The number of rotatable bonds is 0. The highest BCUT2D eigenvalue weighted by molar-refractivity contribution is 5.79. The van der Waals surface area contributed by atoms with Crippen LogP contribution in [0.15, 0.2) is 0 Å². The number of hydrogen-bond acceptors (Lipinski definition) is 2. The number of Topliss-reactive ketones (excluding diaryl/α,β-unsaturated/α-hetero) is 1. The van der Waals surface area contributed by atoms with Gasteiger partial charge in [-0.2, -0.15) is 0 Å². The average Bonchev–Trinajstić information content (AvgIpc) is 1.94. The van der Waals surface area contributed by atoms with E-state index in [9.17, 15) is 4.79 Å². The molecule has 0 aliphatic carbocycles. The second-order valence-corrected chi connectivity index (χ2v) is 2.05. The molecule has 1 aliphatic heterocycles. The highest BCUT2D eigenvalue weighted by Gasteiger charge is 2.05. The Balaban J connectivity index is 2.27. The molecule has 2 nitrogen and oxygen atoms in total. The summed E-state index contributed by atoms with van der Waals surface area (Å²) in [6.07, 6.45) is 2.78. The van der Waals surface area contributed by atoms with Crippen molar-refractivity contribution in [2.75, 3.05) is 13.2 Å². The van der Waals surface area contributed by atoms with Crippen molar-refractivity contribution >= 4 is 5.78 Å². The van der Waals surface area contributed by atoms with Crippen LogP contribution in [0.5, 0.6) is 0 Å². The first kappa shape index (κ1) is 5.76. The summed E-state index contributed by atoms with van der Waals surface area (Å²) in [6, 6.07) is 0. The molecular weight excluding hydrogens is 104 g/mol. The normalized spacial score (nSPS) is 22.8. The van der Waals surface area contributed by atoms with E-state index in [2.05, 4.69) is 0 Å². The van der Waals surface area contributed by atoms with Crippen molar-refractivity contribution in [1.29, 1.82) is 0 Å². The van der Waals surface area contributed by atoms with Crippen molar-refractivity contribution in [3.05, 3.63) is 0 Å². The van der Waals surface area contributed by atoms with Gasteiger partial charge in [0.05, 0.1) is 0 Å². The monoisotopic (exact) mass is 114 g/mol. The Morgan fingerprint density at radius 2 is 2.25 bits per heavy atom. The van der Waals surface area contributed by atoms with Crippen LogP contribution in [0, 0.1) is 0 Å². The molecule has 1 aliphatic rings. The maximum atomic E-state index is 10.6. The van der Waals surface area contributed by atoms with Crippen molar-refractivity contribution in [2.24, 2.45) is 0 Å². The van der Waals surface area contributed by atoms with Gasteiger partial charge in [0.25, 0.3) is 0 Å².